The number of aliphatic imine (C=N–C) groups is 1. The van der Waals surface area contributed by atoms with Crippen LogP contribution in [-0.2, 0) is 10.0 Å². The summed E-state index contributed by atoms with van der Waals surface area (Å²) in [6.07, 6.45) is 10.2. The Kier molecular flexibility index (Phi) is 11.3. The van der Waals surface area contributed by atoms with Crippen molar-refractivity contribution in [3.63, 3.8) is 0 Å². The van der Waals surface area contributed by atoms with Crippen molar-refractivity contribution in [2.75, 3.05) is 38.5 Å². The first-order valence-electron chi connectivity index (χ1n) is 9.62. The first-order valence-corrected chi connectivity index (χ1v) is 11.2. The first kappa shape index (κ1) is 23.0. The van der Waals surface area contributed by atoms with Gasteiger partial charge in [0.25, 0.3) is 0 Å². The Balaban J connectivity index is 0.00000312. The summed E-state index contributed by atoms with van der Waals surface area (Å²) in [4.78, 5) is 4.60. The standard InChI is InChI=1S/C17H34N4O2S.HI/c1-2-18-17(19-11-6-5-10-16-8-3-4-9-16)20-12-14-21-13-7-15-24(21,22)23;/h16H,2-15H2,1H3,(H2,18,19,20);1H. The van der Waals surface area contributed by atoms with E-state index in [-0.39, 0.29) is 24.0 Å². The number of hydrogen-bond acceptors (Lipinski definition) is 3. The van der Waals surface area contributed by atoms with Gasteiger partial charge >= 0.3 is 0 Å². The van der Waals surface area contributed by atoms with E-state index >= 15 is 0 Å². The SMILES string of the molecule is CCNC(=NCCCCC1CCCC1)NCCN1CCCS1(=O)=O.I. The van der Waals surface area contributed by atoms with Crippen LogP contribution in [0.25, 0.3) is 0 Å². The highest BCUT2D eigenvalue weighted by Gasteiger charge is 2.27. The lowest BCUT2D eigenvalue weighted by Gasteiger charge is -2.16. The van der Waals surface area contributed by atoms with E-state index in [0.29, 0.717) is 25.4 Å². The van der Waals surface area contributed by atoms with E-state index in [2.05, 4.69) is 15.6 Å². The van der Waals surface area contributed by atoms with Crippen LogP contribution < -0.4 is 10.6 Å². The molecule has 2 N–H and O–H groups in total. The van der Waals surface area contributed by atoms with Crippen LogP contribution in [0.4, 0.5) is 0 Å². The van der Waals surface area contributed by atoms with Gasteiger partial charge in [-0.2, -0.15) is 0 Å². The fourth-order valence-corrected chi connectivity index (χ4v) is 5.15. The van der Waals surface area contributed by atoms with Crippen molar-refractivity contribution in [3.05, 3.63) is 0 Å². The normalized spacial score (nSPS) is 21.2. The van der Waals surface area contributed by atoms with E-state index < -0.39 is 10.0 Å². The van der Waals surface area contributed by atoms with Gasteiger partial charge in [-0.25, -0.2) is 12.7 Å². The second kappa shape index (κ2) is 12.3. The molecule has 1 heterocycles. The van der Waals surface area contributed by atoms with Gasteiger partial charge in [0.05, 0.1) is 5.75 Å². The number of unbranched alkanes of at least 4 members (excludes halogenated alkanes) is 1. The number of halogens is 1. The van der Waals surface area contributed by atoms with Crippen LogP contribution in [0.5, 0.6) is 0 Å². The van der Waals surface area contributed by atoms with Crippen LogP contribution >= 0.6 is 24.0 Å². The van der Waals surface area contributed by atoms with Crippen molar-refractivity contribution in [3.8, 4) is 0 Å². The molecule has 1 saturated heterocycles. The van der Waals surface area contributed by atoms with E-state index in [0.717, 1.165) is 37.8 Å². The van der Waals surface area contributed by atoms with Gasteiger partial charge in [0.2, 0.25) is 10.0 Å². The lowest BCUT2D eigenvalue weighted by Crippen LogP contribution is -2.42. The number of nitrogens with zero attached hydrogens (tertiary/aromatic N) is 2. The monoisotopic (exact) mass is 486 g/mol. The summed E-state index contributed by atoms with van der Waals surface area (Å²) in [7, 11) is -3.00. The highest BCUT2D eigenvalue weighted by Crippen LogP contribution is 2.28. The van der Waals surface area contributed by atoms with E-state index in [9.17, 15) is 8.42 Å². The maximum Gasteiger partial charge on any atom is 0.214 e. The van der Waals surface area contributed by atoms with Gasteiger partial charge in [0.1, 0.15) is 0 Å². The summed E-state index contributed by atoms with van der Waals surface area (Å²) in [6.45, 7) is 5.47. The first-order chi connectivity index (χ1) is 11.6. The van der Waals surface area contributed by atoms with Crippen molar-refractivity contribution in [2.24, 2.45) is 10.9 Å². The lowest BCUT2D eigenvalue weighted by molar-refractivity contribution is 0.445. The number of rotatable bonds is 9. The van der Waals surface area contributed by atoms with Gasteiger partial charge in [-0.15, -0.1) is 24.0 Å². The van der Waals surface area contributed by atoms with Crippen LogP contribution in [-0.4, -0.2) is 57.2 Å². The van der Waals surface area contributed by atoms with Crippen LogP contribution in [0.3, 0.4) is 0 Å². The molecule has 2 rings (SSSR count). The molecule has 6 nitrogen and oxygen atoms in total. The minimum atomic E-state index is -3.00. The summed E-state index contributed by atoms with van der Waals surface area (Å²) in [6, 6.07) is 0. The Bertz CT molecular complexity index is 493. The average Bonchev–Trinajstić information content (AvgIpc) is 3.17. The molecule has 0 radical (unpaired) electrons. The summed E-state index contributed by atoms with van der Waals surface area (Å²) in [5.74, 6) is 2.06. The summed E-state index contributed by atoms with van der Waals surface area (Å²) in [5.41, 5.74) is 0. The van der Waals surface area contributed by atoms with Gasteiger partial charge in [-0.1, -0.05) is 38.5 Å². The fraction of sp³-hybridized carbons (Fsp3) is 0.941. The third-order valence-electron chi connectivity index (χ3n) is 4.97. The molecule has 25 heavy (non-hydrogen) atoms. The zero-order valence-corrected chi connectivity index (χ0v) is 18.7. The third kappa shape index (κ3) is 8.43. The smallest absolute Gasteiger partial charge is 0.214 e. The zero-order chi connectivity index (χ0) is 17.3. The Morgan fingerprint density at radius 2 is 1.92 bits per heavy atom. The van der Waals surface area contributed by atoms with Crippen molar-refractivity contribution in [1.29, 1.82) is 0 Å². The second-order valence-electron chi connectivity index (χ2n) is 6.90. The quantitative estimate of drug-likeness (QED) is 0.228. The van der Waals surface area contributed by atoms with Gasteiger partial charge < -0.3 is 10.6 Å². The molecule has 0 spiro atoms. The van der Waals surface area contributed by atoms with E-state index in [1.54, 1.807) is 4.31 Å². The van der Waals surface area contributed by atoms with Crippen LogP contribution in [0.2, 0.25) is 0 Å². The molecule has 1 aliphatic carbocycles. The number of hydrogen-bond donors (Lipinski definition) is 2. The molecular weight excluding hydrogens is 451 g/mol. The van der Waals surface area contributed by atoms with Crippen molar-refractivity contribution in [1.82, 2.24) is 14.9 Å². The molecule has 0 bridgehead atoms. The molecule has 8 heteroatoms. The summed E-state index contributed by atoms with van der Waals surface area (Å²) >= 11 is 0. The minimum absolute atomic E-state index is 0. The number of sulfonamides is 1. The average molecular weight is 486 g/mol. The molecule has 148 valence electrons. The van der Waals surface area contributed by atoms with Gasteiger partial charge in [0, 0.05) is 32.7 Å². The van der Waals surface area contributed by atoms with E-state index in [1.807, 2.05) is 6.92 Å². The highest BCUT2D eigenvalue weighted by molar-refractivity contribution is 14.0. The van der Waals surface area contributed by atoms with E-state index in [4.69, 9.17) is 0 Å². The third-order valence-corrected chi connectivity index (χ3v) is 6.92. The second-order valence-corrected chi connectivity index (χ2v) is 8.99. The molecule has 0 atom stereocenters. The van der Waals surface area contributed by atoms with Crippen molar-refractivity contribution < 1.29 is 8.42 Å². The molecule has 0 amide bonds. The largest absolute Gasteiger partial charge is 0.357 e. The molecule has 0 unspecified atom stereocenters. The number of nitrogens with one attached hydrogen (secondary N) is 2. The van der Waals surface area contributed by atoms with E-state index in [1.165, 1.54) is 38.5 Å². The minimum Gasteiger partial charge on any atom is -0.357 e. The molecule has 0 aromatic carbocycles. The molecule has 2 fully saturated rings. The van der Waals surface area contributed by atoms with Crippen LogP contribution in [0.15, 0.2) is 4.99 Å². The van der Waals surface area contributed by atoms with Crippen LogP contribution in [0.1, 0.15) is 58.3 Å². The Hall–Kier alpha value is -0.0900. The number of guanidine groups is 1. The fourth-order valence-electron chi connectivity index (χ4n) is 3.62. The molecule has 1 saturated carbocycles. The van der Waals surface area contributed by atoms with Crippen molar-refractivity contribution in [2.45, 2.75) is 58.3 Å². The summed E-state index contributed by atoms with van der Waals surface area (Å²) < 4.78 is 25.1. The van der Waals surface area contributed by atoms with Gasteiger partial charge in [-0.3, -0.25) is 4.99 Å². The predicted octanol–water partition coefficient (Wildman–Crippen LogP) is 2.56. The highest BCUT2D eigenvalue weighted by atomic mass is 127. The maximum absolute atomic E-state index is 11.8. The Morgan fingerprint density at radius 3 is 2.56 bits per heavy atom. The van der Waals surface area contributed by atoms with Gasteiger partial charge in [0.15, 0.2) is 5.96 Å². The Morgan fingerprint density at radius 1 is 1.16 bits per heavy atom. The van der Waals surface area contributed by atoms with Crippen molar-refractivity contribution >= 4 is 40.0 Å². The molecule has 1 aliphatic heterocycles. The zero-order valence-electron chi connectivity index (χ0n) is 15.5. The molecule has 2 aliphatic rings. The Labute approximate surface area is 170 Å². The molecule has 0 aromatic rings. The lowest BCUT2D eigenvalue weighted by atomic mass is 10.0. The molecule has 0 aromatic heterocycles. The predicted molar refractivity (Wildman–Crippen MR) is 115 cm³/mol. The topological polar surface area (TPSA) is 73.8 Å². The van der Waals surface area contributed by atoms with Crippen LogP contribution in [0, 0.1) is 5.92 Å². The maximum atomic E-state index is 11.8. The van der Waals surface area contributed by atoms with Gasteiger partial charge in [-0.05, 0) is 25.7 Å². The molecular formula is C17H35IN4O2S. The summed E-state index contributed by atoms with van der Waals surface area (Å²) in [5, 5.41) is 6.48.